The molecule has 0 radical (unpaired) electrons. The summed E-state index contributed by atoms with van der Waals surface area (Å²) in [7, 11) is 0. The number of aliphatic hydroxyl groups is 1. The molecule has 0 saturated heterocycles. The van der Waals surface area contributed by atoms with E-state index < -0.39 is 6.10 Å². The molecule has 1 amide bonds. The molecule has 2 rings (SSSR count). The molecule has 0 bridgehead atoms. The Kier molecular flexibility index (Phi) is 5.49. The van der Waals surface area contributed by atoms with Crippen molar-refractivity contribution in [1.82, 2.24) is 5.32 Å². The molecule has 1 unspecified atom stereocenters. The van der Waals surface area contributed by atoms with Crippen molar-refractivity contribution in [3.8, 4) is 5.75 Å². The lowest BCUT2D eigenvalue weighted by Gasteiger charge is -2.12. The number of rotatable bonds is 6. The summed E-state index contributed by atoms with van der Waals surface area (Å²) in [6, 6.07) is 12.8. The molecule has 0 spiro atoms. The predicted molar refractivity (Wildman–Crippen MR) is 81.2 cm³/mol. The van der Waals surface area contributed by atoms with Crippen molar-refractivity contribution in [2.45, 2.75) is 19.6 Å². The fourth-order valence-corrected chi connectivity index (χ4v) is 1.86. The third-order valence-electron chi connectivity index (χ3n) is 3.00. The van der Waals surface area contributed by atoms with Crippen LogP contribution in [0.3, 0.4) is 0 Å². The molecule has 2 aromatic rings. The summed E-state index contributed by atoms with van der Waals surface area (Å²) in [5, 5.41) is 11.8. The smallest absolute Gasteiger partial charge is 0.255 e. The second-order valence-electron chi connectivity index (χ2n) is 4.97. The molecule has 2 aromatic carbocycles. The van der Waals surface area contributed by atoms with Gasteiger partial charge in [-0.25, -0.2) is 4.39 Å². The molecule has 2 N–H and O–H groups in total. The van der Waals surface area contributed by atoms with Gasteiger partial charge in [-0.2, -0.15) is 0 Å². The quantitative estimate of drug-likeness (QED) is 0.862. The third kappa shape index (κ3) is 4.56. The van der Waals surface area contributed by atoms with Crippen LogP contribution in [0.25, 0.3) is 0 Å². The van der Waals surface area contributed by atoms with Gasteiger partial charge in [0.15, 0.2) is 0 Å². The summed E-state index contributed by atoms with van der Waals surface area (Å²) in [4.78, 5) is 12.1. The topological polar surface area (TPSA) is 58.6 Å². The van der Waals surface area contributed by atoms with E-state index in [0.29, 0.717) is 11.3 Å². The first-order chi connectivity index (χ1) is 10.6. The molecule has 0 fully saturated rings. The van der Waals surface area contributed by atoms with Crippen molar-refractivity contribution in [2.24, 2.45) is 0 Å². The fraction of sp³-hybridized carbons (Fsp3) is 0.235. The Labute approximate surface area is 128 Å². The Bertz CT molecular complexity index is 626. The zero-order valence-corrected chi connectivity index (χ0v) is 12.3. The summed E-state index contributed by atoms with van der Waals surface area (Å²) < 4.78 is 18.5. The maximum atomic E-state index is 12.9. The molecule has 0 aliphatic carbocycles. The number of hydrogen-bond donors (Lipinski definition) is 2. The first kappa shape index (κ1) is 16.0. The van der Waals surface area contributed by atoms with Crippen LogP contribution in [-0.2, 0) is 6.61 Å². The Hall–Kier alpha value is -2.40. The first-order valence-corrected chi connectivity index (χ1v) is 6.99. The van der Waals surface area contributed by atoms with Crippen molar-refractivity contribution in [3.05, 3.63) is 65.5 Å². The van der Waals surface area contributed by atoms with E-state index in [1.165, 1.54) is 12.1 Å². The van der Waals surface area contributed by atoms with Crippen molar-refractivity contribution in [1.29, 1.82) is 0 Å². The average molecular weight is 303 g/mol. The van der Waals surface area contributed by atoms with Crippen molar-refractivity contribution >= 4 is 5.91 Å². The van der Waals surface area contributed by atoms with Gasteiger partial charge in [-0.1, -0.05) is 24.3 Å². The van der Waals surface area contributed by atoms with Crippen LogP contribution in [0.4, 0.5) is 4.39 Å². The van der Waals surface area contributed by atoms with E-state index in [-0.39, 0.29) is 24.9 Å². The Morgan fingerprint density at radius 2 is 1.91 bits per heavy atom. The van der Waals surface area contributed by atoms with E-state index in [4.69, 9.17) is 4.74 Å². The van der Waals surface area contributed by atoms with Gasteiger partial charge in [0.05, 0.1) is 11.7 Å². The van der Waals surface area contributed by atoms with E-state index in [0.717, 1.165) is 5.56 Å². The predicted octanol–water partition coefficient (Wildman–Crippen LogP) is 2.52. The molecule has 0 saturated carbocycles. The summed E-state index contributed by atoms with van der Waals surface area (Å²) in [6.07, 6.45) is -0.615. The van der Waals surface area contributed by atoms with E-state index in [1.54, 1.807) is 43.3 Å². The van der Waals surface area contributed by atoms with Crippen molar-refractivity contribution in [2.75, 3.05) is 6.54 Å². The summed E-state index contributed by atoms with van der Waals surface area (Å²) in [5.74, 6) is -0.174. The highest BCUT2D eigenvalue weighted by molar-refractivity contribution is 5.96. The van der Waals surface area contributed by atoms with Gasteiger partial charge in [-0.05, 0) is 36.8 Å². The number of carbonyl (C=O) groups is 1. The summed E-state index contributed by atoms with van der Waals surface area (Å²) in [5.41, 5.74) is 1.20. The Morgan fingerprint density at radius 1 is 1.23 bits per heavy atom. The lowest BCUT2D eigenvalue weighted by molar-refractivity contribution is 0.0919. The van der Waals surface area contributed by atoms with Crippen LogP contribution in [0.5, 0.6) is 5.75 Å². The summed E-state index contributed by atoms with van der Waals surface area (Å²) >= 11 is 0. The highest BCUT2D eigenvalue weighted by atomic mass is 19.1. The minimum atomic E-state index is -0.615. The highest BCUT2D eigenvalue weighted by Crippen LogP contribution is 2.19. The van der Waals surface area contributed by atoms with Crippen LogP contribution in [0.2, 0.25) is 0 Å². The minimum Gasteiger partial charge on any atom is -0.488 e. The molecule has 1 atom stereocenters. The molecule has 0 aliphatic heterocycles. The van der Waals surface area contributed by atoms with Crippen LogP contribution in [0.1, 0.15) is 22.8 Å². The first-order valence-electron chi connectivity index (χ1n) is 6.99. The zero-order valence-electron chi connectivity index (χ0n) is 12.3. The maximum absolute atomic E-state index is 12.9. The number of benzene rings is 2. The average Bonchev–Trinajstić information content (AvgIpc) is 2.52. The Morgan fingerprint density at radius 3 is 2.59 bits per heavy atom. The number of nitrogens with one attached hydrogen (secondary N) is 1. The second-order valence-corrected chi connectivity index (χ2v) is 4.97. The van der Waals surface area contributed by atoms with Gasteiger partial charge in [0.25, 0.3) is 5.91 Å². The third-order valence-corrected chi connectivity index (χ3v) is 3.00. The SMILES string of the molecule is CC(O)CNC(=O)c1ccccc1OCc1ccc(F)cc1. The molecule has 116 valence electrons. The van der Waals surface area contributed by atoms with Gasteiger partial charge in [-0.3, -0.25) is 4.79 Å². The van der Waals surface area contributed by atoms with Gasteiger partial charge in [-0.15, -0.1) is 0 Å². The standard InChI is InChI=1S/C17H18FNO3/c1-12(20)10-19-17(21)15-4-2-3-5-16(15)22-11-13-6-8-14(18)9-7-13/h2-9,12,20H,10-11H2,1H3,(H,19,21). The molecule has 5 heteroatoms. The number of halogens is 1. The minimum absolute atomic E-state index is 0.172. The van der Waals surface area contributed by atoms with Gasteiger partial charge in [0.1, 0.15) is 18.2 Å². The molecule has 0 heterocycles. The number of hydrogen-bond acceptors (Lipinski definition) is 3. The fourth-order valence-electron chi connectivity index (χ4n) is 1.86. The van der Waals surface area contributed by atoms with Gasteiger partial charge in [0.2, 0.25) is 0 Å². The number of ether oxygens (including phenoxy) is 1. The zero-order chi connectivity index (χ0) is 15.9. The normalized spacial score (nSPS) is 11.8. The van der Waals surface area contributed by atoms with Crippen LogP contribution in [0.15, 0.2) is 48.5 Å². The molecule has 4 nitrogen and oxygen atoms in total. The molecule has 0 aliphatic rings. The molecule has 0 aromatic heterocycles. The number of aliphatic hydroxyl groups excluding tert-OH is 1. The lowest BCUT2D eigenvalue weighted by Crippen LogP contribution is -2.30. The van der Waals surface area contributed by atoms with Gasteiger partial charge < -0.3 is 15.2 Å². The second kappa shape index (κ2) is 7.56. The highest BCUT2D eigenvalue weighted by Gasteiger charge is 2.12. The number of para-hydroxylation sites is 1. The summed E-state index contributed by atoms with van der Waals surface area (Å²) in [6.45, 7) is 2.00. The lowest BCUT2D eigenvalue weighted by atomic mass is 10.2. The molecular formula is C17H18FNO3. The Balaban J connectivity index is 2.04. The van der Waals surface area contributed by atoms with Crippen LogP contribution < -0.4 is 10.1 Å². The number of amides is 1. The van der Waals surface area contributed by atoms with Crippen LogP contribution in [-0.4, -0.2) is 23.7 Å². The molecular weight excluding hydrogens is 285 g/mol. The van der Waals surface area contributed by atoms with Gasteiger partial charge >= 0.3 is 0 Å². The van der Waals surface area contributed by atoms with Crippen LogP contribution >= 0.6 is 0 Å². The van der Waals surface area contributed by atoms with E-state index in [1.807, 2.05) is 0 Å². The van der Waals surface area contributed by atoms with Crippen molar-refractivity contribution < 1.29 is 19.0 Å². The monoisotopic (exact) mass is 303 g/mol. The van der Waals surface area contributed by atoms with E-state index >= 15 is 0 Å². The maximum Gasteiger partial charge on any atom is 0.255 e. The van der Waals surface area contributed by atoms with Gasteiger partial charge in [0, 0.05) is 6.54 Å². The van der Waals surface area contributed by atoms with Crippen molar-refractivity contribution in [3.63, 3.8) is 0 Å². The van der Waals surface area contributed by atoms with E-state index in [9.17, 15) is 14.3 Å². The van der Waals surface area contributed by atoms with Crippen LogP contribution in [0, 0.1) is 5.82 Å². The largest absolute Gasteiger partial charge is 0.488 e. The van der Waals surface area contributed by atoms with E-state index in [2.05, 4.69) is 5.32 Å². The number of carbonyl (C=O) groups excluding carboxylic acids is 1. The molecule has 22 heavy (non-hydrogen) atoms.